The Balaban J connectivity index is 2.33. The molecule has 0 atom stereocenters. The normalized spacial score (nSPS) is 11.7. The lowest BCUT2D eigenvalue weighted by molar-refractivity contribution is 0.600. The van der Waals surface area contributed by atoms with Gasteiger partial charge in [-0.15, -0.1) is 0 Å². The highest BCUT2D eigenvalue weighted by Gasteiger charge is 2.18. The van der Waals surface area contributed by atoms with Crippen LogP contribution in [0.15, 0.2) is 41.3 Å². The summed E-state index contributed by atoms with van der Waals surface area (Å²) in [4.78, 5) is 0.252. The molecule has 22 heavy (non-hydrogen) atoms. The summed E-state index contributed by atoms with van der Waals surface area (Å²) in [5.41, 5.74) is 3.09. The maximum atomic E-state index is 12.6. The van der Waals surface area contributed by atoms with Crippen LogP contribution >= 0.6 is 11.6 Å². The summed E-state index contributed by atoms with van der Waals surface area (Å²) in [5.74, 6) is 0.409. The molecule has 0 saturated carbocycles. The number of rotatable bonds is 4. The molecule has 0 aromatic heterocycles. The van der Waals surface area contributed by atoms with E-state index in [2.05, 4.69) is 18.6 Å². The maximum absolute atomic E-state index is 12.6. The molecule has 0 unspecified atom stereocenters. The first-order valence-corrected chi connectivity index (χ1v) is 8.96. The van der Waals surface area contributed by atoms with Crippen molar-refractivity contribution in [3.63, 3.8) is 0 Å². The van der Waals surface area contributed by atoms with Crippen LogP contribution in [0.5, 0.6) is 0 Å². The number of nitrogens with one attached hydrogen (secondary N) is 1. The Morgan fingerprint density at radius 1 is 1.00 bits per heavy atom. The van der Waals surface area contributed by atoms with Gasteiger partial charge in [-0.2, -0.15) is 0 Å². The second-order valence-electron chi connectivity index (χ2n) is 5.75. The molecule has 2 aromatic carbocycles. The van der Waals surface area contributed by atoms with Crippen molar-refractivity contribution in [1.82, 2.24) is 0 Å². The van der Waals surface area contributed by atoms with Crippen LogP contribution < -0.4 is 4.72 Å². The van der Waals surface area contributed by atoms with Crippen molar-refractivity contribution in [2.75, 3.05) is 4.72 Å². The Morgan fingerprint density at radius 2 is 1.59 bits per heavy atom. The highest BCUT2D eigenvalue weighted by atomic mass is 35.5. The second kappa shape index (κ2) is 6.31. The van der Waals surface area contributed by atoms with Gasteiger partial charge in [-0.25, -0.2) is 8.42 Å². The molecule has 0 fully saturated rings. The summed E-state index contributed by atoms with van der Waals surface area (Å²) < 4.78 is 27.7. The van der Waals surface area contributed by atoms with Gasteiger partial charge in [-0.3, -0.25) is 4.72 Å². The maximum Gasteiger partial charge on any atom is 0.262 e. The van der Waals surface area contributed by atoms with E-state index in [0.717, 1.165) is 5.56 Å². The number of anilines is 1. The SMILES string of the molecule is Cc1cc(S(=O)(=O)Nc2ccc(C(C)C)cc2)c(C)cc1Cl. The lowest BCUT2D eigenvalue weighted by atomic mass is 10.0. The van der Waals surface area contributed by atoms with Gasteiger partial charge < -0.3 is 0 Å². The van der Waals surface area contributed by atoms with E-state index in [9.17, 15) is 8.42 Å². The van der Waals surface area contributed by atoms with Crippen molar-refractivity contribution in [2.45, 2.75) is 38.5 Å². The molecule has 0 aliphatic heterocycles. The van der Waals surface area contributed by atoms with Crippen molar-refractivity contribution in [3.8, 4) is 0 Å². The minimum Gasteiger partial charge on any atom is -0.280 e. The third-order valence-electron chi connectivity index (χ3n) is 3.58. The van der Waals surface area contributed by atoms with Crippen molar-refractivity contribution in [2.24, 2.45) is 0 Å². The molecule has 3 nitrogen and oxygen atoms in total. The summed E-state index contributed by atoms with van der Waals surface area (Å²) in [6.45, 7) is 7.72. The van der Waals surface area contributed by atoms with E-state index in [1.807, 2.05) is 12.1 Å². The van der Waals surface area contributed by atoms with Gasteiger partial charge >= 0.3 is 0 Å². The van der Waals surface area contributed by atoms with Crippen LogP contribution in [0, 0.1) is 13.8 Å². The fraction of sp³-hybridized carbons (Fsp3) is 0.294. The van der Waals surface area contributed by atoms with Crippen LogP contribution in [0.3, 0.4) is 0 Å². The van der Waals surface area contributed by atoms with E-state index in [0.29, 0.717) is 22.2 Å². The second-order valence-corrected chi connectivity index (χ2v) is 7.81. The van der Waals surface area contributed by atoms with Gasteiger partial charge in [0.05, 0.1) is 4.90 Å². The van der Waals surface area contributed by atoms with E-state index in [1.54, 1.807) is 38.1 Å². The molecule has 0 radical (unpaired) electrons. The zero-order valence-corrected chi connectivity index (χ0v) is 14.7. The molecular formula is C17H20ClNO2S. The summed E-state index contributed by atoms with van der Waals surface area (Å²) >= 11 is 6.03. The molecule has 0 heterocycles. The third-order valence-corrected chi connectivity index (χ3v) is 5.51. The average molecular weight is 338 g/mol. The molecule has 5 heteroatoms. The fourth-order valence-electron chi connectivity index (χ4n) is 2.19. The van der Waals surface area contributed by atoms with Crippen molar-refractivity contribution >= 4 is 27.3 Å². The van der Waals surface area contributed by atoms with Crippen molar-refractivity contribution < 1.29 is 8.42 Å². The molecule has 0 bridgehead atoms. The van der Waals surface area contributed by atoms with Crippen molar-refractivity contribution in [1.29, 1.82) is 0 Å². The Hall–Kier alpha value is -1.52. The largest absolute Gasteiger partial charge is 0.280 e. The van der Waals surface area contributed by atoms with E-state index in [-0.39, 0.29) is 4.90 Å². The van der Waals surface area contributed by atoms with E-state index >= 15 is 0 Å². The molecule has 0 amide bonds. The van der Waals surface area contributed by atoms with Gasteiger partial charge in [0, 0.05) is 10.7 Å². The zero-order valence-electron chi connectivity index (χ0n) is 13.1. The van der Waals surface area contributed by atoms with Crippen molar-refractivity contribution in [3.05, 3.63) is 58.1 Å². The fourth-order valence-corrected chi connectivity index (χ4v) is 3.78. The molecule has 0 spiro atoms. The molecule has 0 saturated heterocycles. The number of hydrogen-bond acceptors (Lipinski definition) is 2. The van der Waals surface area contributed by atoms with E-state index < -0.39 is 10.0 Å². The number of halogens is 1. The van der Waals surface area contributed by atoms with E-state index in [4.69, 9.17) is 11.6 Å². The van der Waals surface area contributed by atoms with Crippen LogP contribution in [0.1, 0.15) is 36.5 Å². The van der Waals surface area contributed by atoms with E-state index in [1.165, 1.54) is 5.56 Å². The van der Waals surface area contributed by atoms with Crippen LogP contribution in [0.4, 0.5) is 5.69 Å². The number of hydrogen-bond donors (Lipinski definition) is 1. The Labute approximate surface area is 137 Å². The topological polar surface area (TPSA) is 46.2 Å². The molecule has 1 N–H and O–H groups in total. The van der Waals surface area contributed by atoms with Gasteiger partial charge in [0.15, 0.2) is 0 Å². The summed E-state index contributed by atoms with van der Waals surface area (Å²) in [6, 6.07) is 10.7. The standard InChI is InChI=1S/C17H20ClNO2S/c1-11(2)14-5-7-15(8-6-14)19-22(20,21)17-10-12(3)16(18)9-13(17)4/h5-11,19H,1-4H3. The quantitative estimate of drug-likeness (QED) is 0.864. The Morgan fingerprint density at radius 3 is 2.14 bits per heavy atom. The lowest BCUT2D eigenvalue weighted by Gasteiger charge is -2.13. The number of aryl methyl sites for hydroxylation is 2. The smallest absolute Gasteiger partial charge is 0.262 e. The van der Waals surface area contributed by atoms with Crippen LogP contribution in [0.25, 0.3) is 0 Å². The average Bonchev–Trinajstić information content (AvgIpc) is 2.42. The van der Waals surface area contributed by atoms with Gasteiger partial charge in [-0.1, -0.05) is 37.6 Å². The predicted octanol–water partition coefficient (Wildman–Crippen LogP) is 4.88. The Bertz CT molecular complexity index is 781. The lowest BCUT2D eigenvalue weighted by Crippen LogP contribution is -2.14. The minimum atomic E-state index is -3.63. The van der Waals surface area contributed by atoms with Crippen LogP contribution in [-0.2, 0) is 10.0 Å². The monoisotopic (exact) mass is 337 g/mol. The molecular weight excluding hydrogens is 318 g/mol. The van der Waals surface area contributed by atoms with Crippen LogP contribution in [-0.4, -0.2) is 8.42 Å². The molecule has 0 aliphatic rings. The highest BCUT2D eigenvalue weighted by Crippen LogP contribution is 2.26. The molecule has 0 aliphatic carbocycles. The third kappa shape index (κ3) is 3.62. The highest BCUT2D eigenvalue weighted by molar-refractivity contribution is 7.92. The van der Waals surface area contributed by atoms with Gasteiger partial charge in [0.2, 0.25) is 0 Å². The first-order chi connectivity index (χ1) is 10.2. The first kappa shape index (κ1) is 16.8. The summed E-state index contributed by atoms with van der Waals surface area (Å²) in [5, 5.41) is 0.567. The van der Waals surface area contributed by atoms with Gasteiger partial charge in [-0.05, 0) is 60.7 Å². The first-order valence-electron chi connectivity index (χ1n) is 7.10. The van der Waals surface area contributed by atoms with Crippen LogP contribution in [0.2, 0.25) is 5.02 Å². The van der Waals surface area contributed by atoms with Gasteiger partial charge in [0.25, 0.3) is 10.0 Å². The summed E-state index contributed by atoms with van der Waals surface area (Å²) in [6.07, 6.45) is 0. The minimum absolute atomic E-state index is 0.252. The van der Waals surface area contributed by atoms with Gasteiger partial charge in [0.1, 0.15) is 0 Å². The molecule has 2 aromatic rings. The number of benzene rings is 2. The molecule has 2 rings (SSSR count). The zero-order chi connectivity index (χ0) is 16.5. The molecule has 118 valence electrons. The predicted molar refractivity (Wildman–Crippen MR) is 92.3 cm³/mol. The summed E-state index contributed by atoms with van der Waals surface area (Å²) in [7, 11) is -3.63. The Kier molecular flexibility index (Phi) is 4.83. The number of sulfonamides is 1.